The quantitative estimate of drug-likeness (QED) is 0.533. The van der Waals surface area contributed by atoms with E-state index in [1.165, 1.54) is 0 Å². The number of esters is 2. The van der Waals surface area contributed by atoms with Crippen molar-refractivity contribution in [2.75, 3.05) is 0 Å². The fourth-order valence-corrected chi connectivity index (χ4v) is 3.58. The van der Waals surface area contributed by atoms with Crippen molar-refractivity contribution in [1.29, 1.82) is 0 Å². The van der Waals surface area contributed by atoms with Crippen LogP contribution in [-0.4, -0.2) is 11.9 Å². The molecule has 0 atom stereocenters. The monoisotopic (exact) mass is 354 g/mol. The third-order valence-corrected chi connectivity index (χ3v) is 4.77. The molecule has 0 saturated carbocycles. The molecule has 138 valence electrons. The van der Waals surface area contributed by atoms with Crippen molar-refractivity contribution in [2.45, 2.75) is 65.2 Å². The topological polar surface area (TPSA) is 52.6 Å². The van der Waals surface area contributed by atoms with Gasteiger partial charge < -0.3 is 9.47 Å². The minimum Gasteiger partial charge on any atom is -0.426 e. The van der Waals surface area contributed by atoms with E-state index >= 15 is 0 Å². The molecule has 0 bridgehead atoms. The predicted octanol–water partition coefficient (Wildman–Crippen LogP) is 5.13. The van der Waals surface area contributed by atoms with Gasteiger partial charge in [0.1, 0.15) is 11.5 Å². The summed E-state index contributed by atoms with van der Waals surface area (Å²) < 4.78 is 11.6. The molecule has 0 saturated heterocycles. The Morgan fingerprint density at radius 3 is 1.62 bits per heavy atom. The van der Waals surface area contributed by atoms with Gasteiger partial charge >= 0.3 is 11.9 Å². The molecule has 4 heteroatoms. The highest BCUT2D eigenvalue weighted by molar-refractivity contribution is 5.98. The summed E-state index contributed by atoms with van der Waals surface area (Å²) in [4.78, 5) is 24.4. The lowest BCUT2D eigenvalue weighted by Gasteiger charge is -2.24. The van der Waals surface area contributed by atoms with E-state index in [0.29, 0.717) is 24.3 Å². The van der Waals surface area contributed by atoms with Gasteiger partial charge in [-0.25, -0.2) is 0 Å². The highest BCUT2D eigenvalue weighted by Gasteiger charge is 2.26. The molecule has 0 unspecified atom stereocenters. The first kappa shape index (κ1) is 18.4. The van der Waals surface area contributed by atoms with Crippen LogP contribution in [0.4, 0.5) is 0 Å². The molecule has 4 nitrogen and oxygen atoms in total. The first-order chi connectivity index (χ1) is 12.7. The lowest BCUT2D eigenvalue weighted by molar-refractivity contribution is -0.135. The molecule has 0 amide bonds. The summed E-state index contributed by atoms with van der Waals surface area (Å²) in [6.45, 7) is 3.93. The molecule has 0 aliphatic heterocycles. The average Bonchev–Trinajstić information content (AvgIpc) is 2.65. The van der Waals surface area contributed by atoms with Gasteiger partial charge in [0.15, 0.2) is 0 Å². The fourth-order valence-electron chi connectivity index (χ4n) is 3.58. The minimum absolute atomic E-state index is 0.207. The van der Waals surface area contributed by atoms with Gasteiger partial charge in [0, 0.05) is 34.7 Å². The van der Waals surface area contributed by atoms with E-state index in [9.17, 15) is 9.59 Å². The molecule has 3 rings (SSSR count). The molecule has 2 aromatic rings. The second-order valence-corrected chi connectivity index (χ2v) is 6.82. The first-order valence-corrected chi connectivity index (χ1v) is 9.63. The Balaban J connectivity index is 2.16. The second-order valence-electron chi connectivity index (χ2n) is 6.82. The molecule has 0 spiro atoms. The number of hydrogen-bond donors (Lipinski definition) is 0. The first-order valence-electron chi connectivity index (χ1n) is 9.63. The minimum atomic E-state index is -0.207. The normalized spacial score (nSPS) is 13.3. The predicted molar refractivity (Wildman–Crippen MR) is 102 cm³/mol. The maximum absolute atomic E-state index is 12.2. The average molecular weight is 354 g/mol. The van der Waals surface area contributed by atoms with Gasteiger partial charge in [0.05, 0.1) is 0 Å². The number of ether oxygens (including phenoxy) is 2. The maximum Gasteiger partial charge on any atom is 0.311 e. The van der Waals surface area contributed by atoms with Crippen LogP contribution in [0, 0.1) is 0 Å². The van der Waals surface area contributed by atoms with Gasteiger partial charge in [-0.1, -0.05) is 38.1 Å². The Morgan fingerprint density at radius 2 is 1.23 bits per heavy atom. The summed E-state index contributed by atoms with van der Waals surface area (Å²) in [5, 5.41) is 1.69. The van der Waals surface area contributed by atoms with Crippen LogP contribution in [0.2, 0.25) is 0 Å². The van der Waals surface area contributed by atoms with Crippen molar-refractivity contribution in [2.24, 2.45) is 0 Å². The van der Waals surface area contributed by atoms with E-state index in [-0.39, 0.29) is 11.9 Å². The van der Waals surface area contributed by atoms with Crippen molar-refractivity contribution in [3.63, 3.8) is 0 Å². The van der Waals surface area contributed by atoms with E-state index in [2.05, 4.69) is 0 Å². The van der Waals surface area contributed by atoms with Gasteiger partial charge in [-0.3, -0.25) is 9.59 Å². The van der Waals surface area contributed by atoms with E-state index in [1.807, 2.05) is 38.1 Å². The van der Waals surface area contributed by atoms with E-state index in [0.717, 1.165) is 60.4 Å². The summed E-state index contributed by atoms with van der Waals surface area (Å²) in [6.07, 6.45) is 6.09. The highest BCUT2D eigenvalue weighted by atomic mass is 16.5. The van der Waals surface area contributed by atoms with Gasteiger partial charge in [-0.2, -0.15) is 0 Å². The van der Waals surface area contributed by atoms with Crippen LogP contribution in [0.5, 0.6) is 11.5 Å². The molecule has 0 fully saturated rings. The smallest absolute Gasteiger partial charge is 0.311 e. The Kier molecular flexibility index (Phi) is 5.92. The molecular formula is C22H26O4. The zero-order chi connectivity index (χ0) is 18.5. The summed E-state index contributed by atoms with van der Waals surface area (Å²) in [7, 11) is 0. The van der Waals surface area contributed by atoms with Crippen molar-refractivity contribution < 1.29 is 19.1 Å². The number of carbonyl (C=O) groups excluding carboxylic acids is 2. The third kappa shape index (κ3) is 3.74. The van der Waals surface area contributed by atoms with Crippen LogP contribution in [0.1, 0.15) is 63.5 Å². The summed E-state index contributed by atoms with van der Waals surface area (Å²) >= 11 is 0. The van der Waals surface area contributed by atoms with Crippen molar-refractivity contribution in [1.82, 2.24) is 0 Å². The number of carbonyl (C=O) groups is 2. The lowest BCUT2D eigenvalue weighted by Crippen LogP contribution is -2.15. The molecule has 0 N–H and O–H groups in total. The standard InChI is InChI=1S/C22H26O4/c1-3-9-19(23)25-21-15-11-5-7-13-17(15)22(26-20(24)10-4-2)18-14-8-6-12-16(18)21/h5,7,11,13H,3-4,6,8-10,12,14H2,1-2H3. The molecule has 1 aliphatic carbocycles. The molecule has 2 aromatic carbocycles. The molecule has 0 radical (unpaired) electrons. The molecule has 0 heterocycles. The molecular weight excluding hydrogens is 328 g/mol. The summed E-state index contributed by atoms with van der Waals surface area (Å²) in [6, 6.07) is 7.73. The SMILES string of the molecule is CCCC(=O)Oc1c2c(c(OC(=O)CCC)c3ccccc13)CCCC2. The van der Waals surface area contributed by atoms with Crippen molar-refractivity contribution in [3.8, 4) is 11.5 Å². The highest BCUT2D eigenvalue weighted by Crippen LogP contribution is 2.44. The van der Waals surface area contributed by atoms with Crippen LogP contribution in [-0.2, 0) is 22.4 Å². The molecule has 1 aliphatic rings. The maximum atomic E-state index is 12.2. The zero-order valence-electron chi connectivity index (χ0n) is 15.6. The Hall–Kier alpha value is -2.36. The van der Waals surface area contributed by atoms with Crippen LogP contribution in [0.3, 0.4) is 0 Å². The fraction of sp³-hybridized carbons (Fsp3) is 0.455. The van der Waals surface area contributed by atoms with Crippen LogP contribution in [0.25, 0.3) is 10.8 Å². The third-order valence-electron chi connectivity index (χ3n) is 4.77. The van der Waals surface area contributed by atoms with Crippen LogP contribution >= 0.6 is 0 Å². The van der Waals surface area contributed by atoms with Crippen LogP contribution < -0.4 is 9.47 Å². The van der Waals surface area contributed by atoms with Gasteiger partial charge in [0.25, 0.3) is 0 Å². The Morgan fingerprint density at radius 1 is 0.808 bits per heavy atom. The number of rotatable bonds is 6. The number of benzene rings is 2. The molecule has 26 heavy (non-hydrogen) atoms. The second kappa shape index (κ2) is 8.35. The van der Waals surface area contributed by atoms with Gasteiger partial charge in [-0.15, -0.1) is 0 Å². The van der Waals surface area contributed by atoms with Gasteiger partial charge in [0.2, 0.25) is 0 Å². The number of fused-ring (bicyclic) bond motifs is 2. The Bertz CT molecular complexity index is 754. The largest absolute Gasteiger partial charge is 0.426 e. The summed E-state index contributed by atoms with van der Waals surface area (Å²) in [5.74, 6) is 0.899. The van der Waals surface area contributed by atoms with Crippen molar-refractivity contribution >= 4 is 22.7 Å². The summed E-state index contributed by atoms with van der Waals surface area (Å²) in [5.41, 5.74) is 2.05. The van der Waals surface area contributed by atoms with Gasteiger partial charge in [-0.05, 0) is 38.5 Å². The lowest BCUT2D eigenvalue weighted by atomic mass is 9.87. The van der Waals surface area contributed by atoms with E-state index < -0.39 is 0 Å². The molecule has 0 aromatic heterocycles. The number of hydrogen-bond acceptors (Lipinski definition) is 4. The Labute approximate surface area is 154 Å². The van der Waals surface area contributed by atoms with E-state index in [4.69, 9.17) is 9.47 Å². The van der Waals surface area contributed by atoms with Crippen LogP contribution in [0.15, 0.2) is 24.3 Å². The van der Waals surface area contributed by atoms with E-state index in [1.54, 1.807) is 0 Å². The van der Waals surface area contributed by atoms with Crippen molar-refractivity contribution in [3.05, 3.63) is 35.4 Å². The zero-order valence-corrected chi connectivity index (χ0v) is 15.6.